The summed E-state index contributed by atoms with van der Waals surface area (Å²) in [4.78, 5) is 8.92. The van der Waals surface area contributed by atoms with Crippen molar-refractivity contribution in [2.45, 2.75) is 44.7 Å². The van der Waals surface area contributed by atoms with Crippen molar-refractivity contribution in [1.29, 1.82) is 10.7 Å². The normalized spacial score (nSPS) is 17.2. The van der Waals surface area contributed by atoms with Crippen molar-refractivity contribution in [3.63, 3.8) is 0 Å². The van der Waals surface area contributed by atoms with Gasteiger partial charge in [-0.1, -0.05) is 27.7 Å². The predicted molar refractivity (Wildman–Crippen MR) is 94.6 cm³/mol. The molecule has 124 valence electrons. The van der Waals surface area contributed by atoms with Crippen molar-refractivity contribution in [3.05, 3.63) is 35.3 Å². The zero-order chi connectivity index (χ0) is 17.5. The van der Waals surface area contributed by atoms with Gasteiger partial charge in [-0.3, -0.25) is 5.41 Å². The minimum absolute atomic E-state index is 0.116. The zero-order valence-corrected chi connectivity index (χ0v) is 15.2. The molecule has 5 nitrogen and oxygen atoms in total. The van der Waals surface area contributed by atoms with E-state index in [2.05, 4.69) is 43.7 Å². The third-order valence-electron chi connectivity index (χ3n) is 4.07. The molecular formula is C18H21N5S. The van der Waals surface area contributed by atoms with Gasteiger partial charge in [0, 0.05) is 41.2 Å². The molecule has 0 aromatic carbocycles. The highest BCUT2D eigenvalue weighted by molar-refractivity contribution is 7.99. The highest BCUT2D eigenvalue weighted by Crippen LogP contribution is 2.31. The summed E-state index contributed by atoms with van der Waals surface area (Å²) >= 11 is 1.74. The fraction of sp³-hybridized carbons (Fsp3) is 0.444. The van der Waals surface area contributed by atoms with Gasteiger partial charge in [0.2, 0.25) is 0 Å². The van der Waals surface area contributed by atoms with Gasteiger partial charge in [0.25, 0.3) is 0 Å². The van der Waals surface area contributed by atoms with E-state index in [-0.39, 0.29) is 10.9 Å². The molecule has 0 bridgehead atoms. The summed E-state index contributed by atoms with van der Waals surface area (Å²) < 4.78 is 1.94. The van der Waals surface area contributed by atoms with Crippen molar-refractivity contribution < 1.29 is 0 Å². The number of nitrogens with zero attached hydrogens (tertiary/aromatic N) is 4. The molecule has 1 aliphatic rings. The molecule has 1 N–H and O–H groups in total. The molecule has 24 heavy (non-hydrogen) atoms. The van der Waals surface area contributed by atoms with Gasteiger partial charge in [0.05, 0.1) is 5.03 Å². The lowest BCUT2D eigenvalue weighted by Crippen LogP contribution is -2.31. The van der Waals surface area contributed by atoms with Crippen LogP contribution >= 0.6 is 11.8 Å². The van der Waals surface area contributed by atoms with E-state index in [1.54, 1.807) is 24.2 Å². The number of nitriles is 1. The Bertz CT molecular complexity index is 868. The van der Waals surface area contributed by atoms with E-state index >= 15 is 0 Å². The number of thioether (sulfide) groups is 1. The highest BCUT2D eigenvalue weighted by Gasteiger charge is 2.21. The Hall–Kier alpha value is -2.13. The van der Waals surface area contributed by atoms with Crippen LogP contribution in [0.3, 0.4) is 0 Å². The molecule has 6 heteroatoms. The first kappa shape index (κ1) is 16.7. The third kappa shape index (κ3) is 2.96. The highest BCUT2D eigenvalue weighted by atomic mass is 32.2. The Kier molecular flexibility index (Phi) is 4.22. The molecule has 0 fully saturated rings. The average molecular weight is 339 g/mol. The average Bonchev–Trinajstić information content (AvgIpc) is 2.54. The second-order valence-corrected chi connectivity index (χ2v) is 8.34. The van der Waals surface area contributed by atoms with Crippen molar-refractivity contribution >= 4 is 11.8 Å². The summed E-state index contributed by atoms with van der Waals surface area (Å²) in [6.45, 7) is 9.16. The van der Waals surface area contributed by atoms with Crippen molar-refractivity contribution in [2.75, 3.05) is 5.75 Å². The number of fused-ring (bicyclic) bond motifs is 1. The SMILES string of the molecule is C[C@H]1CSc2cc(-c3cnc(C(C)(C)C)nc3)c(C#N)c(=N)n2C1. The first-order chi connectivity index (χ1) is 11.3. The smallest absolute Gasteiger partial charge is 0.144 e. The van der Waals surface area contributed by atoms with Crippen LogP contribution in [0.4, 0.5) is 0 Å². The van der Waals surface area contributed by atoms with Crippen LogP contribution in [-0.4, -0.2) is 20.3 Å². The van der Waals surface area contributed by atoms with Crippen molar-refractivity contribution in [2.24, 2.45) is 5.92 Å². The molecule has 0 saturated carbocycles. The van der Waals surface area contributed by atoms with Gasteiger partial charge in [0.15, 0.2) is 0 Å². The van der Waals surface area contributed by atoms with Crippen LogP contribution in [0.15, 0.2) is 23.5 Å². The van der Waals surface area contributed by atoms with E-state index in [4.69, 9.17) is 5.41 Å². The Morgan fingerprint density at radius 1 is 1.33 bits per heavy atom. The van der Waals surface area contributed by atoms with Gasteiger partial charge < -0.3 is 4.57 Å². The van der Waals surface area contributed by atoms with E-state index in [9.17, 15) is 5.26 Å². The van der Waals surface area contributed by atoms with Gasteiger partial charge in [-0.05, 0) is 12.0 Å². The third-order valence-corrected chi connectivity index (χ3v) is 5.44. The number of nitrogens with one attached hydrogen (secondary N) is 1. The maximum absolute atomic E-state index is 9.58. The molecule has 2 aromatic heterocycles. The van der Waals surface area contributed by atoms with Gasteiger partial charge in [-0.25, -0.2) is 9.97 Å². The molecule has 0 spiro atoms. The number of rotatable bonds is 1. The van der Waals surface area contributed by atoms with Crippen LogP contribution < -0.4 is 5.49 Å². The van der Waals surface area contributed by atoms with E-state index < -0.39 is 0 Å². The van der Waals surface area contributed by atoms with Crippen LogP contribution in [0.1, 0.15) is 39.1 Å². The Morgan fingerprint density at radius 3 is 2.58 bits per heavy atom. The molecule has 0 saturated heterocycles. The van der Waals surface area contributed by atoms with E-state index in [1.165, 1.54) is 0 Å². The second kappa shape index (κ2) is 6.06. The molecule has 2 aromatic rings. The van der Waals surface area contributed by atoms with Crippen molar-refractivity contribution in [1.82, 2.24) is 14.5 Å². The Balaban J connectivity index is 2.14. The molecule has 0 radical (unpaired) electrons. The van der Waals surface area contributed by atoms with E-state index in [0.29, 0.717) is 11.5 Å². The van der Waals surface area contributed by atoms with Crippen LogP contribution in [0.25, 0.3) is 11.1 Å². The van der Waals surface area contributed by atoms with Gasteiger partial charge in [-0.2, -0.15) is 5.26 Å². The molecule has 0 amide bonds. The summed E-state index contributed by atoms with van der Waals surface area (Å²) in [5, 5.41) is 19.0. The standard InChI is InChI=1S/C18H21N5S/c1-11-9-23-15(24-10-11)5-13(14(6-19)16(23)20)12-7-21-17(22-8-12)18(2,3)4/h5,7-8,11,20H,9-10H2,1-4H3/t11-/m1/s1. The summed E-state index contributed by atoms with van der Waals surface area (Å²) in [5.41, 5.74) is 2.09. The molecular weight excluding hydrogens is 318 g/mol. The first-order valence-corrected chi connectivity index (χ1v) is 8.98. The molecule has 0 aliphatic carbocycles. The number of pyridine rings is 1. The maximum Gasteiger partial charge on any atom is 0.144 e. The molecule has 1 atom stereocenters. The summed E-state index contributed by atoms with van der Waals surface area (Å²) in [6, 6.07) is 4.20. The monoisotopic (exact) mass is 339 g/mol. The minimum atomic E-state index is -0.116. The van der Waals surface area contributed by atoms with Crippen LogP contribution in [-0.2, 0) is 12.0 Å². The van der Waals surface area contributed by atoms with Crippen LogP contribution in [0.5, 0.6) is 0 Å². The molecule has 3 heterocycles. The number of hydrogen-bond acceptors (Lipinski definition) is 5. The van der Waals surface area contributed by atoms with E-state index in [0.717, 1.165) is 34.3 Å². The zero-order valence-electron chi connectivity index (χ0n) is 14.4. The second-order valence-electron chi connectivity index (χ2n) is 7.30. The predicted octanol–water partition coefficient (Wildman–Crippen LogP) is 3.34. The Labute approximate surface area is 146 Å². The Morgan fingerprint density at radius 2 is 2.00 bits per heavy atom. The number of aromatic nitrogens is 3. The van der Waals surface area contributed by atoms with Crippen molar-refractivity contribution in [3.8, 4) is 17.2 Å². The fourth-order valence-corrected chi connectivity index (χ4v) is 3.82. The van der Waals surface area contributed by atoms with Gasteiger partial charge in [-0.15, -0.1) is 11.8 Å². The molecule has 3 rings (SSSR count). The molecule has 0 unspecified atom stereocenters. The summed E-state index contributed by atoms with van der Waals surface area (Å²) in [6.07, 6.45) is 3.52. The fourth-order valence-electron chi connectivity index (χ4n) is 2.73. The maximum atomic E-state index is 9.58. The minimum Gasteiger partial charge on any atom is -0.320 e. The first-order valence-electron chi connectivity index (χ1n) is 7.99. The lowest BCUT2D eigenvalue weighted by atomic mass is 9.95. The van der Waals surface area contributed by atoms with Crippen LogP contribution in [0, 0.1) is 22.7 Å². The lowest BCUT2D eigenvalue weighted by Gasteiger charge is -2.25. The number of hydrogen-bond donors (Lipinski definition) is 1. The largest absolute Gasteiger partial charge is 0.320 e. The van der Waals surface area contributed by atoms with Gasteiger partial charge >= 0.3 is 0 Å². The molecule has 1 aliphatic heterocycles. The quantitative estimate of drug-likeness (QED) is 0.864. The van der Waals surface area contributed by atoms with Crippen LogP contribution in [0.2, 0.25) is 0 Å². The topological polar surface area (TPSA) is 78.3 Å². The summed E-state index contributed by atoms with van der Waals surface area (Å²) in [5.74, 6) is 2.30. The lowest BCUT2D eigenvalue weighted by molar-refractivity contribution is 0.467. The van der Waals surface area contributed by atoms with E-state index in [1.807, 2.05) is 10.6 Å². The summed E-state index contributed by atoms with van der Waals surface area (Å²) in [7, 11) is 0. The van der Waals surface area contributed by atoms with Gasteiger partial charge in [0.1, 0.15) is 22.9 Å².